The molecule has 0 amide bonds. The molecule has 0 spiro atoms. The van der Waals surface area contributed by atoms with Crippen molar-refractivity contribution in [3.05, 3.63) is 80.7 Å². The summed E-state index contributed by atoms with van der Waals surface area (Å²) in [6, 6.07) is 9.54. The highest BCUT2D eigenvalue weighted by Crippen LogP contribution is 2.18. The van der Waals surface area contributed by atoms with E-state index >= 15 is 0 Å². The molecule has 3 rings (SSSR count). The number of aromatic nitrogens is 4. The van der Waals surface area contributed by atoms with Crippen LogP contribution in [0, 0.1) is 0 Å². The van der Waals surface area contributed by atoms with Crippen LogP contribution < -0.4 is 10.9 Å². The fraction of sp³-hybridized carbons (Fsp3) is 0.222. The van der Waals surface area contributed by atoms with Gasteiger partial charge in [0.15, 0.2) is 0 Å². The molecule has 0 radical (unpaired) electrons. The Morgan fingerprint density at radius 3 is 2.52 bits per heavy atom. The molecule has 0 saturated carbocycles. The minimum absolute atomic E-state index is 0. The van der Waals surface area contributed by atoms with Gasteiger partial charge in [0, 0.05) is 58.8 Å². The molecule has 11 heteroatoms. The molecule has 158 valence electrons. The van der Waals surface area contributed by atoms with Gasteiger partial charge in [0.1, 0.15) is 0 Å². The summed E-state index contributed by atoms with van der Waals surface area (Å²) in [6.45, 7) is 0.706. The van der Waals surface area contributed by atoms with Gasteiger partial charge in [-0.2, -0.15) is 11.8 Å². The number of thioether (sulfide) groups is 1. The fourth-order valence-corrected chi connectivity index (χ4v) is 3.66. The van der Waals surface area contributed by atoms with Gasteiger partial charge in [-0.15, -0.1) is 50.9 Å². The maximum Gasteiger partial charge on any atom is 0.255 e. The molecule has 0 bridgehead atoms. The molecular weight excluding hydrogens is 654 g/mol. The first-order chi connectivity index (χ1) is 12.7. The second-order valence-electron chi connectivity index (χ2n) is 5.50. The van der Waals surface area contributed by atoms with Crippen molar-refractivity contribution in [3.63, 3.8) is 0 Å². The Hall–Kier alpha value is -0.750. The molecule has 0 unspecified atom stereocenters. The SMILES string of the molecule is Br.Br.Br.O=c1[nH]c(NCCSCc2ncccc2Br)ncc1Cc1ccccn1. The third kappa shape index (κ3) is 9.29. The Labute approximate surface area is 213 Å². The van der Waals surface area contributed by atoms with Crippen molar-refractivity contribution in [2.75, 3.05) is 17.6 Å². The lowest BCUT2D eigenvalue weighted by Gasteiger charge is -2.07. The van der Waals surface area contributed by atoms with E-state index in [-0.39, 0.29) is 56.5 Å². The van der Waals surface area contributed by atoms with Gasteiger partial charge in [-0.1, -0.05) is 6.07 Å². The van der Waals surface area contributed by atoms with Gasteiger partial charge in [-0.05, 0) is 40.2 Å². The van der Waals surface area contributed by atoms with E-state index in [1.54, 1.807) is 30.4 Å². The van der Waals surface area contributed by atoms with Gasteiger partial charge in [0.25, 0.3) is 5.56 Å². The zero-order valence-corrected chi connectivity index (χ0v) is 22.7. The highest BCUT2D eigenvalue weighted by Gasteiger charge is 2.05. The molecule has 3 aromatic rings. The highest BCUT2D eigenvalue weighted by molar-refractivity contribution is 9.10. The topological polar surface area (TPSA) is 83.6 Å². The molecule has 0 aliphatic carbocycles. The number of rotatable bonds is 8. The molecule has 0 aliphatic heterocycles. The number of nitrogens with zero attached hydrogens (tertiary/aromatic N) is 3. The number of nitrogens with one attached hydrogen (secondary N) is 2. The lowest BCUT2D eigenvalue weighted by Crippen LogP contribution is -2.18. The number of H-pyrrole nitrogens is 1. The van der Waals surface area contributed by atoms with E-state index in [1.807, 2.05) is 30.3 Å². The third-order valence-electron chi connectivity index (χ3n) is 3.58. The number of hydrogen-bond donors (Lipinski definition) is 2. The standard InChI is InChI=1S/C18H18BrN5OS.3BrH/c19-15-5-3-7-21-16(15)12-26-9-8-22-18-23-11-13(17(25)24-18)10-14-4-1-2-6-20-14;;;/h1-7,11H,8-10,12H2,(H2,22,23,24,25);3*1H. The molecule has 3 aromatic heterocycles. The van der Waals surface area contributed by atoms with Crippen LogP contribution >= 0.6 is 78.6 Å². The van der Waals surface area contributed by atoms with Crippen molar-refractivity contribution in [1.82, 2.24) is 19.9 Å². The van der Waals surface area contributed by atoms with E-state index < -0.39 is 0 Å². The van der Waals surface area contributed by atoms with Crippen molar-refractivity contribution in [3.8, 4) is 0 Å². The van der Waals surface area contributed by atoms with Gasteiger partial charge in [-0.3, -0.25) is 19.7 Å². The number of halogens is 4. The van der Waals surface area contributed by atoms with Crippen LogP contribution in [0.4, 0.5) is 5.95 Å². The van der Waals surface area contributed by atoms with Crippen LogP contribution in [-0.4, -0.2) is 32.2 Å². The second kappa shape index (κ2) is 15.1. The third-order valence-corrected chi connectivity index (χ3v) is 5.28. The highest BCUT2D eigenvalue weighted by atomic mass is 79.9. The number of hydrogen-bond acceptors (Lipinski definition) is 6. The first-order valence-corrected chi connectivity index (χ1v) is 10.1. The van der Waals surface area contributed by atoms with Crippen LogP contribution in [0.15, 0.2) is 58.2 Å². The molecule has 29 heavy (non-hydrogen) atoms. The van der Waals surface area contributed by atoms with Gasteiger partial charge < -0.3 is 5.32 Å². The quantitative estimate of drug-likeness (QED) is 0.328. The monoisotopic (exact) mass is 671 g/mol. The van der Waals surface area contributed by atoms with Gasteiger partial charge in [-0.25, -0.2) is 4.98 Å². The first-order valence-electron chi connectivity index (χ1n) is 8.11. The zero-order chi connectivity index (χ0) is 18.2. The lowest BCUT2D eigenvalue weighted by atomic mass is 10.2. The Bertz CT molecular complexity index is 914. The average Bonchev–Trinajstić information content (AvgIpc) is 2.66. The summed E-state index contributed by atoms with van der Waals surface area (Å²) in [7, 11) is 0. The van der Waals surface area contributed by atoms with Crippen LogP contribution in [0.2, 0.25) is 0 Å². The lowest BCUT2D eigenvalue weighted by molar-refractivity contribution is 0.982. The van der Waals surface area contributed by atoms with E-state index in [2.05, 4.69) is 41.2 Å². The van der Waals surface area contributed by atoms with Gasteiger partial charge in [0.05, 0.1) is 5.69 Å². The molecule has 0 atom stereocenters. The van der Waals surface area contributed by atoms with Crippen LogP contribution in [0.25, 0.3) is 0 Å². The number of aromatic amines is 1. The smallest absolute Gasteiger partial charge is 0.255 e. The predicted octanol–water partition coefficient (Wildman–Crippen LogP) is 4.99. The maximum absolute atomic E-state index is 12.2. The summed E-state index contributed by atoms with van der Waals surface area (Å²) in [4.78, 5) is 27.8. The Balaban J connectivity index is 0.00000261. The van der Waals surface area contributed by atoms with Crippen LogP contribution in [0.5, 0.6) is 0 Å². The minimum Gasteiger partial charge on any atom is -0.355 e. The van der Waals surface area contributed by atoms with Crippen molar-refractivity contribution >= 4 is 84.6 Å². The van der Waals surface area contributed by atoms with E-state index in [9.17, 15) is 4.79 Å². The van der Waals surface area contributed by atoms with Crippen LogP contribution in [0.3, 0.4) is 0 Å². The zero-order valence-electron chi connectivity index (χ0n) is 15.2. The van der Waals surface area contributed by atoms with Crippen LogP contribution in [-0.2, 0) is 12.2 Å². The molecule has 0 saturated heterocycles. The number of pyridine rings is 2. The molecular formula is C18H21Br4N5OS. The van der Waals surface area contributed by atoms with Crippen LogP contribution in [0.1, 0.15) is 17.0 Å². The summed E-state index contributed by atoms with van der Waals surface area (Å²) >= 11 is 5.26. The summed E-state index contributed by atoms with van der Waals surface area (Å²) in [5, 5.41) is 3.14. The summed E-state index contributed by atoms with van der Waals surface area (Å²) < 4.78 is 1.02. The predicted molar refractivity (Wildman–Crippen MR) is 139 cm³/mol. The molecule has 0 aliphatic rings. The molecule has 3 heterocycles. The first kappa shape index (κ1) is 28.2. The Kier molecular flexibility index (Phi) is 14.7. The van der Waals surface area contributed by atoms with Crippen molar-refractivity contribution in [1.29, 1.82) is 0 Å². The van der Waals surface area contributed by atoms with Crippen molar-refractivity contribution < 1.29 is 0 Å². The fourth-order valence-electron chi connectivity index (χ4n) is 2.27. The number of anilines is 1. The second-order valence-corrected chi connectivity index (χ2v) is 7.45. The maximum atomic E-state index is 12.2. The van der Waals surface area contributed by atoms with E-state index in [1.165, 1.54) is 0 Å². The Morgan fingerprint density at radius 1 is 1.03 bits per heavy atom. The van der Waals surface area contributed by atoms with E-state index in [4.69, 9.17) is 0 Å². The van der Waals surface area contributed by atoms with Crippen molar-refractivity contribution in [2.45, 2.75) is 12.2 Å². The van der Waals surface area contributed by atoms with Crippen molar-refractivity contribution in [2.24, 2.45) is 0 Å². The summed E-state index contributed by atoms with van der Waals surface area (Å²) in [5.74, 6) is 2.19. The molecule has 6 nitrogen and oxygen atoms in total. The minimum atomic E-state index is -0.141. The molecule has 0 fully saturated rings. The largest absolute Gasteiger partial charge is 0.355 e. The molecule has 0 aromatic carbocycles. The van der Waals surface area contributed by atoms with Gasteiger partial charge >= 0.3 is 0 Å². The normalized spacial score (nSPS) is 9.55. The average molecular weight is 675 g/mol. The van der Waals surface area contributed by atoms with E-state index in [0.29, 0.717) is 24.5 Å². The molecule has 2 N–H and O–H groups in total. The summed E-state index contributed by atoms with van der Waals surface area (Å²) in [5.41, 5.74) is 2.34. The van der Waals surface area contributed by atoms with Gasteiger partial charge in [0.2, 0.25) is 5.95 Å². The Morgan fingerprint density at radius 2 is 1.83 bits per heavy atom. The van der Waals surface area contributed by atoms with E-state index in [0.717, 1.165) is 27.4 Å². The summed E-state index contributed by atoms with van der Waals surface area (Å²) in [6.07, 6.45) is 5.58.